The minimum Gasteiger partial charge on any atom is -0.507 e. The summed E-state index contributed by atoms with van der Waals surface area (Å²) in [5.41, 5.74) is 5.03. The summed E-state index contributed by atoms with van der Waals surface area (Å²) in [6.07, 6.45) is 1.66. The summed E-state index contributed by atoms with van der Waals surface area (Å²) in [6.45, 7) is 0.698. The lowest BCUT2D eigenvalue weighted by atomic mass is 9.84. The minimum absolute atomic E-state index is 0.0811. The van der Waals surface area contributed by atoms with Crippen molar-refractivity contribution in [2.45, 2.75) is 32.5 Å². The third kappa shape index (κ3) is 6.08. The average Bonchev–Trinajstić information content (AvgIpc) is 2.85. The van der Waals surface area contributed by atoms with Gasteiger partial charge in [0.15, 0.2) is 0 Å². The molecule has 0 unspecified atom stereocenters. The summed E-state index contributed by atoms with van der Waals surface area (Å²) >= 11 is 12.2. The van der Waals surface area contributed by atoms with E-state index in [1.165, 1.54) is 7.11 Å². The van der Waals surface area contributed by atoms with E-state index in [2.05, 4.69) is 0 Å². The van der Waals surface area contributed by atoms with E-state index in [9.17, 15) is 9.90 Å². The van der Waals surface area contributed by atoms with Gasteiger partial charge in [0.1, 0.15) is 11.3 Å². The molecule has 0 radical (unpaired) electrons. The number of benzene rings is 3. The number of rotatable bonds is 11. The van der Waals surface area contributed by atoms with Crippen LogP contribution in [0.5, 0.6) is 5.75 Å². The first-order valence-corrected chi connectivity index (χ1v) is 12.0. The lowest BCUT2D eigenvalue weighted by Gasteiger charge is -2.23. The molecule has 0 bridgehead atoms. The fraction of sp³-hybridized carbons (Fsp3) is 0.296. The molecule has 0 aromatic heterocycles. The predicted molar refractivity (Wildman–Crippen MR) is 133 cm³/mol. The van der Waals surface area contributed by atoms with Gasteiger partial charge in [0, 0.05) is 22.9 Å². The van der Waals surface area contributed by atoms with Gasteiger partial charge in [-0.3, -0.25) is 0 Å². The van der Waals surface area contributed by atoms with Crippen LogP contribution < -0.4 is 0 Å². The summed E-state index contributed by atoms with van der Waals surface area (Å²) in [5, 5.41) is 11.3. The molecule has 0 amide bonds. The number of halogens is 2. The number of esters is 1. The molecule has 1 N–H and O–H groups in total. The maximum Gasteiger partial charge on any atom is 0.342 e. The molecule has 174 valence electrons. The van der Waals surface area contributed by atoms with Crippen LogP contribution in [0, 0.1) is 0 Å². The van der Waals surface area contributed by atoms with Crippen LogP contribution in [0.25, 0.3) is 11.1 Å². The Kier molecular flexibility index (Phi) is 9.61. The van der Waals surface area contributed by atoms with Crippen LogP contribution in [0.2, 0.25) is 0 Å². The van der Waals surface area contributed by atoms with Gasteiger partial charge in [-0.2, -0.15) is 0 Å². The molecule has 4 nitrogen and oxygen atoms in total. The van der Waals surface area contributed by atoms with E-state index >= 15 is 0 Å². The zero-order valence-electron chi connectivity index (χ0n) is 18.7. The number of alkyl halides is 2. The monoisotopic (exact) mass is 486 g/mol. The molecule has 0 spiro atoms. The zero-order chi connectivity index (χ0) is 23.6. The van der Waals surface area contributed by atoms with Crippen molar-refractivity contribution in [1.29, 1.82) is 0 Å². The Morgan fingerprint density at radius 2 is 1.52 bits per heavy atom. The van der Waals surface area contributed by atoms with Crippen molar-refractivity contribution in [3.63, 3.8) is 0 Å². The molecule has 0 aliphatic rings. The summed E-state index contributed by atoms with van der Waals surface area (Å²) in [7, 11) is 1.31. The van der Waals surface area contributed by atoms with E-state index in [1.54, 1.807) is 0 Å². The lowest BCUT2D eigenvalue weighted by molar-refractivity contribution is 0.0597. The summed E-state index contributed by atoms with van der Waals surface area (Å²) in [6, 6.07) is 19.4. The highest BCUT2D eigenvalue weighted by molar-refractivity contribution is 6.18. The smallest absolute Gasteiger partial charge is 0.342 e. The number of phenolic OH excluding ortho intramolecular Hbond substituents is 1. The Labute approximate surface area is 205 Å². The standard InChI is InChI=1S/C27H28Cl2O4/c1-32-27(31)25-24(20-11-6-3-7-12-20)21(14-16-29)23(22(26(25)30)13-8-15-28)18-33-17-19-9-4-2-5-10-19/h2-7,9-12,30H,8,13-18H2,1H3. The van der Waals surface area contributed by atoms with E-state index in [0.717, 1.165) is 22.3 Å². The molecule has 6 heteroatoms. The molecule has 0 saturated heterocycles. The van der Waals surface area contributed by atoms with Crippen molar-refractivity contribution < 1.29 is 19.4 Å². The number of aromatic hydroxyl groups is 1. The summed E-state index contributed by atoms with van der Waals surface area (Å²) in [5.74, 6) is 0.113. The zero-order valence-corrected chi connectivity index (χ0v) is 20.2. The number of phenols is 1. The highest BCUT2D eigenvalue weighted by Crippen LogP contribution is 2.41. The fourth-order valence-electron chi connectivity index (χ4n) is 4.02. The van der Waals surface area contributed by atoms with Crippen molar-refractivity contribution in [3.8, 4) is 16.9 Å². The second-order valence-corrected chi connectivity index (χ2v) is 8.36. The third-order valence-electron chi connectivity index (χ3n) is 5.52. The van der Waals surface area contributed by atoms with Crippen LogP contribution in [0.1, 0.15) is 39.0 Å². The number of carbonyl (C=O) groups excluding carboxylic acids is 1. The molecular formula is C27H28Cl2O4. The Balaban J connectivity index is 2.18. The molecule has 33 heavy (non-hydrogen) atoms. The fourth-order valence-corrected chi connectivity index (χ4v) is 4.35. The number of carbonyl (C=O) groups is 1. The van der Waals surface area contributed by atoms with E-state index in [0.29, 0.717) is 48.8 Å². The van der Waals surface area contributed by atoms with Gasteiger partial charge in [-0.15, -0.1) is 23.2 Å². The van der Waals surface area contributed by atoms with Gasteiger partial charge in [-0.1, -0.05) is 60.7 Å². The minimum atomic E-state index is -0.592. The second-order valence-electron chi connectivity index (χ2n) is 7.60. The van der Waals surface area contributed by atoms with Crippen molar-refractivity contribution in [3.05, 3.63) is 88.5 Å². The average molecular weight is 487 g/mol. The van der Waals surface area contributed by atoms with Crippen molar-refractivity contribution in [1.82, 2.24) is 0 Å². The third-order valence-corrected chi connectivity index (χ3v) is 5.97. The Morgan fingerprint density at radius 1 is 0.848 bits per heavy atom. The van der Waals surface area contributed by atoms with Crippen molar-refractivity contribution in [2.75, 3.05) is 18.9 Å². The lowest BCUT2D eigenvalue weighted by Crippen LogP contribution is -2.14. The number of hydrogen-bond acceptors (Lipinski definition) is 4. The van der Waals surface area contributed by atoms with Crippen LogP contribution in [-0.2, 0) is 35.5 Å². The first-order chi connectivity index (χ1) is 16.1. The quantitative estimate of drug-likeness (QED) is 0.247. The Bertz CT molecular complexity index is 1050. The van der Waals surface area contributed by atoms with Gasteiger partial charge < -0.3 is 14.6 Å². The normalized spacial score (nSPS) is 10.9. The summed E-state index contributed by atoms with van der Waals surface area (Å²) < 4.78 is 11.1. The molecule has 0 aliphatic carbocycles. The molecule has 0 aliphatic heterocycles. The van der Waals surface area contributed by atoms with E-state index in [1.807, 2.05) is 60.7 Å². The first kappa shape index (κ1) is 25.1. The predicted octanol–water partition coefficient (Wildman–Crippen LogP) is 6.52. The highest BCUT2D eigenvalue weighted by atomic mass is 35.5. The SMILES string of the molecule is COC(=O)c1c(O)c(CCCCl)c(COCc2ccccc2)c(CCCl)c1-c1ccccc1. The number of ether oxygens (including phenoxy) is 2. The molecule has 0 saturated carbocycles. The molecule has 3 aromatic rings. The molecule has 0 fully saturated rings. The van der Waals surface area contributed by atoms with Crippen LogP contribution in [-0.4, -0.2) is 29.9 Å². The Morgan fingerprint density at radius 3 is 2.12 bits per heavy atom. The van der Waals surface area contributed by atoms with E-state index in [4.69, 9.17) is 32.7 Å². The van der Waals surface area contributed by atoms with Gasteiger partial charge in [-0.05, 0) is 41.5 Å². The first-order valence-electron chi connectivity index (χ1n) is 10.9. The topological polar surface area (TPSA) is 55.8 Å². The van der Waals surface area contributed by atoms with Gasteiger partial charge in [0.05, 0.1) is 20.3 Å². The molecule has 0 heterocycles. The second kappa shape index (κ2) is 12.6. The van der Waals surface area contributed by atoms with Crippen LogP contribution in [0.4, 0.5) is 0 Å². The van der Waals surface area contributed by atoms with Gasteiger partial charge in [-0.25, -0.2) is 4.79 Å². The Hall–Kier alpha value is -2.53. The highest BCUT2D eigenvalue weighted by Gasteiger charge is 2.28. The van der Waals surface area contributed by atoms with Gasteiger partial charge in [0.2, 0.25) is 0 Å². The maximum atomic E-state index is 12.8. The van der Waals surface area contributed by atoms with Gasteiger partial charge >= 0.3 is 5.97 Å². The number of hydrogen-bond donors (Lipinski definition) is 1. The molecule has 3 rings (SSSR count). The van der Waals surface area contributed by atoms with Crippen LogP contribution in [0.15, 0.2) is 60.7 Å². The van der Waals surface area contributed by atoms with E-state index < -0.39 is 5.97 Å². The van der Waals surface area contributed by atoms with Crippen molar-refractivity contribution in [2.24, 2.45) is 0 Å². The molecule has 3 aromatic carbocycles. The largest absolute Gasteiger partial charge is 0.507 e. The molecular weight excluding hydrogens is 459 g/mol. The maximum absolute atomic E-state index is 12.8. The molecule has 0 atom stereocenters. The van der Waals surface area contributed by atoms with Crippen LogP contribution in [0.3, 0.4) is 0 Å². The van der Waals surface area contributed by atoms with Crippen molar-refractivity contribution >= 4 is 29.2 Å². The number of methoxy groups -OCH3 is 1. The summed E-state index contributed by atoms with van der Waals surface area (Å²) in [4.78, 5) is 12.8. The van der Waals surface area contributed by atoms with Crippen LogP contribution >= 0.6 is 23.2 Å². The van der Waals surface area contributed by atoms with Gasteiger partial charge in [0.25, 0.3) is 0 Å². The van der Waals surface area contributed by atoms with E-state index in [-0.39, 0.29) is 17.9 Å².